The van der Waals surface area contributed by atoms with Crippen LogP contribution in [0.5, 0.6) is 5.88 Å². The second-order valence-corrected chi connectivity index (χ2v) is 8.67. The number of benzene rings is 1. The van der Waals surface area contributed by atoms with E-state index in [4.69, 9.17) is 9.72 Å². The fourth-order valence-electron chi connectivity index (χ4n) is 4.15. The van der Waals surface area contributed by atoms with Crippen LogP contribution in [-0.4, -0.2) is 61.5 Å². The Balaban J connectivity index is 1.53. The molecule has 0 saturated carbocycles. The molecule has 0 atom stereocenters. The Kier molecular flexibility index (Phi) is 6.26. The van der Waals surface area contributed by atoms with Gasteiger partial charge >= 0.3 is 0 Å². The molecule has 0 aliphatic rings. The fraction of sp³-hybridized carbons (Fsp3) is 0.231. The summed E-state index contributed by atoms with van der Waals surface area (Å²) in [6.07, 6.45) is 5.30. The summed E-state index contributed by atoms with van der Waals surface area (Å²) < 4.78 is 10.7. The first-order chi connectivity index (χ1) is 17.5. The molecule has 184 valence electrons. The molecule has 5 aromatic rings. The lowest BCUT2D eigenvalue weighted by atomic mass is 10.2. The minimum Gasteiger partial charge on any atom is -0.481 e. The van der Waals surface area contributed by atoms with Crippen molar-refractivity contribution in [3.8, 4) is 11.7 Å². The topological polar surface area (TPSA) is 95.0 Å². The van der Waals surface area contributed by atoms with Crippen LogP contribution < -0.4 is 15.6 Å². The van der Waals surface area contributed by atoms with Gasteiger partial charge in [-0.1, -0.05) is 12.1 Å². The molecule has 0 aliphatic carbocycles. The molecule has 0 amide bonds. The standard InChI is InChI=1S/C26H28N8O2/c1-5-12-33-25(35)20-17-27-26(30-24(20)34(33)22-7-6-8-23(29-22)36-4)28-19-9-10-21-18(16-19)11-13-32(21)15-14-31(2)3/h5-11,13,16-17H,1,12,14-15H2,2-4H3,(H,27,28,30). The lowest BCUT2D eigenvalue weighted by Crippen LogP contribution is -2.22. The highest BCUT2D eigenvalue weighted by Crippen LogP contribution is 2.24. The van der Waals surface area contributed by atoms with Crippen molar-refractivity contribution in [1.82, 2.24) is 33.8 Å². The number of pyridine rings is 1. The number of allylic oxidation sites excluding steroid dienone is 1. The molecule has 1 N–H and O–H groups in total. The molecule has 0 spiro atoms. The van der Waals surface area contributed by atoms with Gasteiger partial charge in [-0.3, -0.25) is 4.79 Å². The largest absolute Gasteiger partial charge is 0.481 e. The minimum absolute atomic E-state index is 0.221. The number of aromatic nitrogens is 6. The van der Waals surface area contributed by atoms with Crippen molar-refractivity contribution in [3.05, 3.63) is 77.9 Å². The molecule has 0 unspecified atom stereocenters. The fourth-order valence-corrected chi connectivity index (χ4v) is 4.15. The number of ether oxygens (including phenoxy) is 1. The van der Waals surface area contributed by atoms with Gasteiger partial charge in [0, 0.05) is 48.1 Å². The highest BCUT2D eigenvalue weighted by molar-refractivity contribution is 5.85. The summed E-state index contributed by atoms with van der Waals surface area (Å²) in [4.78, 5) is 28.9. The number of hydrogen-bond acceptors (Lipinski definition) is 7. The van der Waals surface area contributed by atoms with E-state index in [-0.39, 0.29) is 5.56 Å². The lowest BCUT2D eigenvalue weighted by Gasteiger charge is -2.12. The molecular formula is C26H28N8O2. The quantitative estimate of drug-likeness (QED) is 0.320. The van der Waals surface area contributed by atoms with Crippen LogP contribution in [0.25, 0.3) is 27.8 Å². The summed E-state index contributed by atoms with van der Waals surface area (Å²) in [5.74, 6) is 1.32. The minimum atomic E-state index is -0.221. The highest BCUT2D eigenvalue weighted by Gasteiger charge is 2.18. The zero-order valence-electron chi connectivity index (χ0n) is 20.5. The van der Waals surface area contributed by atoms with Gasteiger partial charge in [-0.25, -0.2) is 14.3 Å². The average Bonchev–Trinajstić information content (AvgIpc) is 3.41. The Labute approximate surface area is 208 Å². The van der Waals surface area contributed by atoms with Gasteiger partial charge in [-0.05, 0) is 44.4 Å². The van der Waals surface area contributed by atoms with Crippen LogP contribution in [-0.2, 0) is 13.1 Å². The first-order valence-electron chi connectivity index (χ1n) is 11.6. The third-order valence-corrected chi connectivity index (χ3v) is 5.93. The van der Waals surface area contributed by atoms with E-state index >= 15 is 0 Å². The molecule has 10 nitrogen and oxygen atoms in total. The van der Waals surface area contributed by atoms with Gasteiger partial charge in [0.2, 0.25) is 11.8 Å². The summed E-state index contributed by atoms with van der Waals surface area (Å²) in [6.45, 7) is 5.96. The Bertz CT molecular complexity index is 1610. The second kappa shape index (κ2) is 9.67. The van der Waals surface area contributed by atoms with Gasteiger partial charge in [-0.2, -0.15) is 9.97 Å². The molecule has 1 aromatic carbocycles. The van der Waals surface area contributed by atoms with E-state index in [2.05, 4.69) is 69.8 Å². The summed E-state index contributed by atoms with van der Waals surface area (Å²) >= 11 is 0. The summed E-state index contributed by atoms with van der Waals surface area (Å²) in [7, 11) is 5.69. The summed E-state index contributed by atoms with van der Waals surface area (Å²) in [5, 5.41) is 4.79. The number of rotatable bonds is 9. The van der Waals surface area contributed by atoms with Crippen LogP contribution in [0.2, 0.25) is 0 Å². The number of nitrogens with one attached hydrogen (secondary N) is 1. The van der Waals surface area contributed by atoms with E-state index in [1.807, 2.05) is 12.1 Å². The number of likely N-dealkylation sites (N-methyl/N-ethyl adjacent to an activating group) is 1. The molecule has 5 rings (SSSR count). The summed E-state index contributed by atoms with van der Waals surface area (Å²) in [6, 6.07) is 13.6. The molecule has 4 aromatic heterocycles. The zero-order valence-corrected chi connectivity index (χ0v) is 20.5. The maximum absolute atomic E-state index is 13.1. The average molecular weight is 485 g/mol. The Morgan fingerprint density at radius 3 is 2.81 bits per heavy atom. The molecular weight excluding hydrogens is 456 g/mol. The maximum atomic E-state index is 13.1. The van der Waals surface area contributed by atoms with Crippen molar-refractivity contribution >= 4 is 33.6 Å². The maximum Gasteiger partial charge on any atom is 0.278 e. The number of hydrogen-bond donors (Lipinski definition) is 1. The normalized spacial score (nSPS) is 11.4. The molecule has 0 fully saturated rings. The van der Waals surface area contributed by atoms with E-state index in [9.17, 15) is 4.79 Å². The molecule has 36 heavy (non-hydrogen) atoms. The van der Waals surface area contributed by atoms with Crippen molar-refractivity contribution < 1.29 is 4.74 Å². The molecule has 4 heterocycles. The van der Waals surface area contributed by atoms with Crippen LogP contribution in [0.3, 0.4) is 0 Å². The van der Waals surface area contributed by atoms with Gasteiger partial charge in [-0.15, -0.1) is 6.58 Å². The van der Waals surface area contributed by atoms with E-state index in [1.54, 1.807) is 36.2 Å². The predicted molar refractivity (Wildman–Crippen MR) is 141 cm³/mol. The molecule has 10 heteroatoms. The molecule has 0 saturated heterocycles. The number of nitrogens with zero attached hydrogens (tertiary/aromatic N) is 7. The van der Waals surface area contributed by atoms with Gasteiger partial charge in [0.25, 0.3) is 5.56 Å². The zero-order chi connectivity index (χ0) is 25.2. The molecule has 0 bridgehead atoms. The van der Waals surface area contributed by atoms with Crippen LogP contribution >= 0.6 is 0 Å². The van der Waals surface area contributed by atoms with Crippen molar-refractivity contribution in [2.75, 3.05) is 33.1 Å². The van der Waals surface area contributed by atoms with Crippen LogP contribution in [0, 0.1) is 0 Å². The number of fused-ring (bicyclic) bond motifs is 2. The van der Waals surface area contributed by atoms with E-state index in [1.165, 1.54) is 10.2 Å². The third-order valence-electron chi connectivity index (χ3n) is 5.93. The van der Waals surface area contributed by atoms with Gasteiger partial charge < -0.3 is 19.5 Å². The monoisotopic (exact) mass is 484 g/mol. The molecule has 0 radical (unpaired) electrons. The first-order valence-corrected chi connectivity index (χ1v) is 11.6. The van der Waals surface area contributed by atoms with Gasteiger partial charge in [0.05, 0.1) is 13.7 Å². The highest BCUT2D eigenvalue weighted by atomic mass is 16.5. The Hall–Kier alpha value is -4.44. The Morgan fingerprint density at radius 1 is 1.17 bits per heavy atom. The SMILES string of the molecule is C=CCn1c(=O)c2cnc(Nc3ccc4c(ccn4CCN(C)C)c3)nc2n1-c1cccc(OC)n1. The van der Waals surface area contributed by atoms with E-state index in [0.717, 1.165) is 24.2 Å². The van der Waals surface area contributed by atoms with Gasteiger partial charge in [0.1, 0.15) is 5.39 Å². The number of anilines is 2. The van der Waals surface area contributed by atoms with Crippen molar-refractivity contribution in [2.45, 2.75) is 13.1 Å². The predicted octanol–water partition coefficient (Wildman–Crippen LogP) is 3.43. The van der Waals surface area contributed by atoms with E-state index in [0.29, 0.717) is 35.2 Å². The third kappa shape index (κ3) is 4.34. The lowest BCUT2D eigenvalue weighted by molar-refractivity contribution is 0.387. The van der Waals surface area contributed by atoms with Crippen molar-refractivity contribution in [2.24, 2.45) is 0 Å². The van der Waals surface area contributed by atoms with Crippen LogP contribution in [0.15, 0.2) is 72.3 Å². The number of methoxy groups -OCH3 is 1. The van der Waals surface area contributed by atoms with Crippen LogP contribution in [0.1, 0.15) is 0 Å². The Morgan fingerprint density at radius 2 is 2.03 bits per heavy atom. The van der Waals surface area contributed by atoms with Gasteiger partial charge in [0.15, 0.2) is 11.5 Å². The second-order valence-electron chi connectivity index (χ2n) is 8.67. The van der Waals surface area contributed by atoms with Crippen LogP contribution in [0.4, 0.5) is 11.6 Å². The smallest absolute Gasteiger partial charge is 0.278 e. The van der Waals surface area contributed by atoms with Crippen molar-refractivity contribution in [1.29, 1.82) is 0 Å². The van der Waals surface area contributed by atoms with E-state index < -0.39 is 0 Å². The molecule has 0 aliphatic heterocycles. The summed E-state index contributed by atoms with van der Waals surface area (Å²) in [5.41, 5.74) is 2.24. The van der Waals surface area contributed by atoms with Crippen molar-refractivity contribution in [3.63, 3.8) is 0 Å². The first kappa shape index (κ1) is 23.3.